The normalized spacial score (nSPS) is 14.7. The third-order valence-electron chi connectivity index (χ3n) is 2.50. The summed E-state index contributed by atoms with van der Waals surface area (Å²) in [5, 5.41) is 12.2. The second-order valence-electron chi connectivity index (χ2n) is 3.50. The Morgan fingerprint density at radius 3 is 3.00 bits per heavy atom. The number of carboxylic acids is 1. The summed E-state index contributed by atoms with van der Waals surface area (Å²) in [5.41, 5.74) is 1.81. The molecule has 2 N–H and O–H groups in total. The van der Waals surface area contributed by atoms with Gasteiger partial charge in [-0.25, -0.2) is 14.8 Å². The van der Waals surface area contributed by atoms with Crippen LogP contribution in [0.15, 0.2) is 0 Å². The quantitative estimate of drug-likeness (QED) is 0.733. The van der Waals surface area contributed by atoms with Gasteiger partial charge in [0.2, 0.25) is 0 Å². The maximum atomic E-state index is 11.0. The molecule has 0 unspecified atom stereocenters. The van der Waals surface area contributed by atoms with Crippen molar-refractivity contribution in [1.29, 1.82) is 0 Å². The SMILES string of the molecule is CCc1nc2c(c(C(=O)O)n1)CCNC2. The number of aromatic nitrogens is 2. The molecule has 80 valence electrons. The molecule has 2 rings (SSSR count). The molecule has 0 atom stereocenters. The molecule has 1 aliphatic rings. The average molecular weight is 207 g/mol. The Labute approximate surface area is 87.6 Å². The largest absolute Gasteiger partial charge is 0.477 e. The third-order valence-corrected chi connectivity index (χ3v) is 2.50. The van der Waals surface area contributed by atoms with Crippen LogP contribution in [0.5, 0.6) is 0 Å². The number of nitrogens with zero attached hydrogens (tertiary/aromatic N) is 2. The van der Waals surface area contributed by atoms with Gasteiger partial charge in [-0.3, -0.25) is 0 Å². The monoisotopic (exact) mass is 207 g/mol. The Hall–Kier alpha value is -1.49. The Bertz CT molecular complexity index is 404. The highest BCUT2D eigenvalue weighted by atomic mass is 16.4. The Balaban J connectivity index is 2.55. The maximum Gasteiger partial charge on any atom is 0.354 e. The molecule has 0 aromatic carbocycles. The molecule has 2 heterocycles. The van der Waals surface area contributed by atoms with Gasteiger partial charge in [-0.2, -0.15) is 0 Å². The summed E-state index contributed by atoms with van der Waals surface area (Å²) in [6.45, 7) is 3.36. The van der Waals surface area contributed by atoms with Gasteiger partial charge in [-0.15, -0.1) is 0 Å². The molecule has 5 nitrogen and oxygen atoms in total. The zero-order valence-electron chi connectivity index (χ0n) is 8.58. The van der Waals surface area contributed by atoms with Crippen molar-refractivity contribution in [2.75, 3.05) is 6.54 Å². The van der Waals surface area contributed by atoms with Crippen LogP contribution in [0.4, 0.5) is 0 Å². The standard InChI is InChI=1S/C10H13N3O2/c1-2-8-12-7-5-11-4-3-6(7)9(13-8)10(14)15/h11H,2-5H2,1H3,(H,14,15). The zero-order chi connectivity index (χ0) is 10.8. The highest BCUT2D eigenvalue weighted by Gasteiger charge is 2.20. The Morgan fingerprint density at radius 2 is 2.33 bits per heavy atom. The lowest BCUT2D eigenvalue weighted by atomic mass is 10.0. The van der Waals surface area contributed by atoms with Crippen LogP contribution in [0.2, 0.25) is 0 Å². The molecule has 5 heteroatoms. The number of aryl methyl sites for hydroxylation is 1. The van der Waals surface area contributed by atoms with Crippen LogP contribution in [-0.2, 0) is 19.4 Å². The summed E-state index contributed by atoms with van der Waals surface area (Å²) in [4.78, 5) is 19.4. The number of hydrogen-bond acceptors (Lipinski definition) is 4. The number of hydrogen-bond donors (Lipinski definition) is 2. The lowest BCUT2D eigenvalue weighted by Crippen LogP contribution is -2.28. The fourth-order valence-corrected chi connectivity index (χ4v) is 1.75. The summed E-state index contributed by atoms with van der Waals surface area (Å²) >= 11 is 0. The van der Waals surface area contributed by atoms with Gasteiger partial charge >= 0.3 is 5.97 Å². The van der Waals surface area contributed by atoms with Crippen LogP contribution in [0.1, 0.15) is 34.5 Å². The number of aromatic carboxylic acids is 1. The van der Waals surface area contributed by atoms with Crippen molar-refractivity contribution >= 4 is 5.97 Å². The second-order valence-corrected chi connectivity index (χ2v) is 3.50. The first-order valence-electron chi connectivity index (χ1n) is 5.05. The summed E-state index contributed by atoms with van der Waals surface area (Å²) in [6, 6.07) is 0. The highest BCUT2D eigenvalue weighted by Crippen LogP contribution is 2.16. The van der Waals surface area contributed by atoms with Gasteiger partial charge < -0.3 is 10.4 Å². The van der Waals surface area contributed by atoms with Gasteiger partial charge in [0.25, 0.3) is 0 Å². The van der Waals surface area contributed by atoms with E-state index >= 15 is 0 Å². The van der Waals surface area contributed by atoms with E-state index in [1.54, 1.807) is 0 Å². The van der Waals surface area contributed by atoms with E-state index in [1.165, 1.54) is 0 Å². The van der Waals surface area contributed by atoms with Crippen LogP contribution in [0.3, 0.4) is 0 Å². The molecule has 1 aromatic rings. The minimum Gasteiger partial charge on any atom is -0.477 e. The van der Waals surface area contributed by atoms with E-state index in [4.69, 9.17) is 5.11 Å². The predicted octanol–water partition coefficient (Wildman–Crippen LogP) is 0.383. The van der Waals surface area contributed by atoms with Gasteiger partial charge in [0.1, 0.15) is 5.82 Å². The van der Waals surface area contributed by atoms with E-state index in [0.717, 1.165) is 17.8 Å². The molecular formula is C10H13N3O2. The molecule has 0 spiro atoms. The lowest BCUT2D eigenvalue weighted by molar-refractivity contribution is 0.0688. The first-order valence-corrected chi connectivity index (χ1v) is 5.05. The van der Waals surface area contributed by atoms with Gasteiger partial charge in [0.05, 0.1) is 5.69 Å². The van der Waals surface area contributed by atoms with Gasteiger partial charge in [-0.05, 0) is 13.0 Å². The summed E-state index contributed by atoms with van der Waals surface area (Å²) < 4.78 is 0. The van der Waals surface area contributed by atoms with Crippen LogP contribution in [-0.4, -0.2) is 27.6 Å². The van der Waals surface area contributed by atoms with E-state index in [-0.39, 0.29) is 5.69 Å². The number of carbonyl (C=O) groups is 1. The van der Waals surface area contributed by atoms with Crippen molar-refractivity contribution in [1.82, 2.24) is 15.3 Å². The number of fused-ring (bicyclic) bond motifs is 1. The minimum atomic E-state index is -0.953. The molecule has 1 aromatic heterocycles. The lowest BCUT2D eigenvalue weighted by Gasteiger charge is -2.18. The number of rotatable bonds is 2. The van der Waals surface area contributed by atoms with Crippen LogP contribution in [0, 0.1) is 0 Å². The molecule has 1 aliphatic heterocycles. The van der Waals surface area contributed by atoms with Crippen molar-refractivity contribution in [3.63, 3.8) is 0 Å². The smallest absolute Gasteiger partial charge is 0.354 e. The first kappa shape index (κ1) is 10.0. The van der Waals surface area contributed by atoms with Crippen molar-refractivity contribution in [2.45, 2.75) is 26.3 Å². The molecule has 0 radical (unpaired) electrons. The number of nitrogens with one attached hydrogen (secondary N) is 1. The molecule has 0 amide bonds. The fraction of sp³-hybridized carbons (Fsp3) is 0.500. The summed E-state index contributed by atoms with van der Waals surface area (Å²) in [7, 11) is 0. The summed E-state index contributed by atoms with van der Waals surface area (Å²) in [6.07, 6.45) is 1.36. The molecule has 0 fully saturated rings. The zero-order valence-corrected chi connectivity index (χ0v) is 8.58. The van der Waals surface area contributed by atoms with E-state index in [0.29, 0.717) is 25.2 Å². The second kappa shape index (κ2) is 3.94. The van der Waals surface area contributed by atoms with Gasteiger partial charge in [-0.1, -0.05) is 6.92 Å². The van der Waals surface area contributed by atoms with Crippen LogP contribution in [0.25, 0.3) is 0 Å². The van der Waals surface area contributed by atoms with Crippen molar-refractivity contribution in [3.05, 3.63) is 22.8 Å². The minimum absolute atomic E-state index is 0.179. The maximum absolute atomic E-state index is 11.0. The van der Waals surface area contributed by atoms with Crippen LogP contribution < -0.4 is 5.32 Å². The molecule has 0 saturated carbocycles. The predicted molar refractivity (Wildman–Crippen MR) is 53.8 cm³/mol. The summed E-state index contributed by atoms with van der Waals surface area (Å²) in [5.74, 6) is -0.347. The Kier molecular flexibility index (Phi) is 2.64. The first-order chi connectivity index (χ1) is 7.22. The van der Waals surface area contributed by atoms with Crippen molar-refractivity contribution in [2.24, 2.45) is 0 Å². The Morgan fingerprint density at radius 1 is 1.53 bits per heavy atom. The molecule has 15 heavy (non-hydrogen) atoms. The van der Waals surface area contributed by atoms with E-state index in [2.05, 4.69) is 15.3 Å². The number of carboxylic acid groups (broad SMARTS) is 1. The van der Waals surface area contributed by atoms with E-state index < -0.39 is 5.97 Å². The van der Waals surface area contributed by atoms with Gasteiger partial charge in [0.15, 0.2) is 5.69 Å². The molecule has 0 saturated heterocycles. The van der Waals surface area contributed by atoms with E-state index in [1.807, 2.05) is 6.92 Å². The van der Waals surface area contributed by atoms with Crippen molar-refractivity contribution in [3.8, 4) is 0 Å². The molecule has 0 aliphatic carbocycles. The molecule has 0 bridgehead atoms. The third kappa shape index (κ3) is 1.83. The van der Waals surface area contributed by atoms with E-state index in [9.17, 15) is 4.79 Å². The van der Waals surface area contributed by atoms with Crippen LogP contribution >= 0.6 is 0 Å². The molecular weight excluding hydrogens is 194 g/mol. The van der Waals surface area contributed by atoms with Gasteiger partial charge in [0, 0.05) is 18.5 Å². The van der Waals surface area contributed by atoms with Crippen molar-refractivity contribution < 1.29 is 9.90 Å². The topological polar surface area (TPSA) is 75.1 Å². The average Bonchev–Trinajstić information content (AvgIpc) is 2.27. The highest BCUT2D eigenvalue weighted by molar-refractivity contribution is 5.87. The fourth-order valence-electron chi connectivity index (χ4n) is 1.75.